The monoisotopic (exact) mass is 267 g/mol. The van der Waals surface area contributed by atoms with E-state index in [2.05, 4.69) is 15.2 Å². The van der Waals surface area contributed by atoms with E-state index in [1.165, 1.54) is 4.90 Å². The van der Waals surface area contributed by atoms with Crippen molar-refractivity contribution in [3.05, 3.63) is 5.82 Å². The van der Waals surface area contributed by atoms with Crippen LogP contribution in [0.25, 0.3) is 0 Å². The van der Waals surface area contributed by atoms with Crippen LogP contribution in [0.4, 0.5) is 5.95 Å². The van der Waals surface area contributed by atoms with E-state index in [-0.39, 0.29) is 37.7 Å². The third-order valence-electron chi connectivity index (χ3n) is 2.86. The summed E-state index contributed by atoms with van der Waals surface area (Å²) in [6.07, 6.45) is 0.171. The van der Waals surface area contributed by atoms with Gasteiger partial charge in [0.15, 0.2) is 0 Å². The van der Waals surface area contributed by atoms with Crippen molar-refractivity contribution < 1.29 is 19.5 Å². The van der Waals surface area contributed by atoms with Gasteiger partial charge >= 0.3 is 5.97 Å². The Morgan fingerprint density at radius 3 is 2.84 bits per heavy atom. The minimum absolute atomic E-state index is 0.0499. The number of nitrogens with zero attached hydrogens (tertiary/aromatic N) is 3. The van der Waals surface area contributed by atoms with Crippen LogP contribution < -0.4 is 10.6 Å². The molecule has 9 nitrogen and oxygen atoms in total. The number of amides is 2. The molecule has 1 aromatic heterocycles. The number of carbonyl (C=O) groups is 3. The maximum Gasteiger partial charge on any atom is 0.303 e. The van der Waals surface area contributed by atoms with Crippen LogP contribution in [0, 0.1) is 5.92 Å². The number of aryl methyl sites for hydroxylation is 1. The molecule has 0 saturated carbocycles. The summed E-state index contributed by atoms with van der Waals surface area (Å²) in [6.45, 7) is 0.157. The number of rotatable bonds is 5. The number of primary amides is 1. The first-order valence-electron chi connectivity index (χ1n) is 5.70. The number of anilines is 1. The van der Waals surface area contributed by atoms with Crippen LogP contribution in [0.3, 0.4) is 0 Å². The summed E-state index contributed by atoms with van der Waals surface area (Å²) < 4.78 is 0. The van der Waals surface area contributed by atoms with Crippen LogP contribution in [0.15, 0.2) is 0 Å². The zero-order valence-electron chi connectivity index (χ0n) is 10.00. The highest BCUT2D eigenvalue weighted by Gasteiger charge is 2.35. The first-order valence-corrected chi connectivity index (χ1v) is 5.70. The Morgan fingerprint density at radius 1 is 1.53 bits per heavy atom. The summed E-state index contributed by atoms with van der Waals surface area (Å²) in [4.78, 5) is 38.5. The van der Waals surface area contributed by atoms with E-state index in [1.54, 1.807) is 0 Å². The van der Waals surface area contributed by atoms with Crippen molar-refractivity contribution in [2.24, 2.45) is 11.7 Å². The van der Waals surface area contributed by atoms with Gasteiger partial charge in [-0.05, 0) is 0 Å². The van der Waals surface area contributed by atoms with Crippen molar-refractivity contribution in [2.45, 2.75) is 19.3 Å². The van der Waals surface area contributed by atoms with E-state index in [0.29, 0.717) is 5.82 Å². The first kappa shape index (κ1) is 13.0. The van der Waals surface area contributed by atoms with Crippen molar-refractivity contribution >= 4 is 23.7 Å². The number of nitrogens with two attached hydrogens (primary N) is 1. The van der Waals surface area contributed by atoms with Gasteiger partial charge in [0.1, 0.15) is 5.82 Å². The summed E-state index contributed by atoms with van der Waals surface area (Å²) in [7, 11) is 0. The van der Waals surface area contributed by atoms with Gasteiger partial charge in [-0.25, -0.2) is 0 Å². The molecule has 0 aromatic carbocycles. The Bertz CT molecular complexity index is 526. The molecule has 19 heavy (non-hydrogen) atoms. The van der Waals surface area contributed by atoms with Gasteiger partial charge in [-0.1, -0.05) is 0 Å². The quantitative estimate of drug-likeness (QED) is 0.602. The number of hydrogen-bond acceptors (Lipinski definition) is 5. The molecule has 1 aliphatic heterocycles. The Hall–Kier alpha value is -2.45. The number of aromatic amines is 1. The van der Waals surface area contributed by atoms with E-state index in [0.717, 1.165) is 0 Å². The number of hydrogen-bond donors (Lipinski definition) is 3. The lowest BCUT2D eigenvalue weighted by molar-refractivity contribution is -0.137. The topological polar surface area (TPSA) is 142 Å². The van der Waals surface area contributed by atoms with Crippen LogP contribution >= 0.6 is 0 Å². The molecule has 0 spiro atoms. The van der Waals surface area contributed by atoms with Crippen molar-refractivity contribution in [1.29, 1.82) is 0 Å². The number of carboxylic acids is 1. The number of nitrogens with one attached hydrogen (secondary N) is 1. The molecular weight excluding hydrogens is 254 g/mol. The normalized spacial score (nSPS) is 18.8. The lowest BCUT2D eigenvalue weighted by Gasteiger charge is -2.10. The van der Waals surface area contributed by atoms with Gasteiger partial charge in [-0.3, -0.25) is 24.4 Å². The molecule has 1 unspecified atom stereocenters. The molecule has 0 bridgehead atoms. The van der Waals surface area contributed by atoms with Crippen molar-refractivity contribution in [3.63, 3.8) is 0 Å². The number of H-pyrrole nitrogens is 1. The fraction of sp³-hybridized carbons (Fsp3) is 0.500. The number of carboxylic acid groups (broad SMARTS) is 1. The summed E-state index contributed by atoms with van der Waals surface area (Å²) in [5.74, 6) is -1.75. The van der Waals surface area contributed by atoms with Crippen LogP contribution in [0.5, 0.6) is 0 Å². The molecule has 102 valence electrons. The van der Waals surface area contributed by atoms with E-state index in [9.17, 15) is 14.4 Å². The second-order valence-electron chi connectivity index (χ2n) is 4.28. The molecule has 2 amide bonds. The third-order valence-corrected chi connectivity index (χ3v) is 2.86. The largest absolute Gasteiger partial charge is 0.481 e. The van der Waals surface area contributed by atoms with Crippen LogP contribution in [-0.2, 0) is 20.8 Å². The van der Waals surface area contributed by atoms with Crippen molar-refractivity contribution in [2.75, 3.05) is 11.4 Å². The molecule has 1 fully saturated rings. The van der Waals surface area contributed by atoms with Gasteiger partial charge in [0.2, 0.25) is 11.8 Å². The zero-order valence-corrected chi connectivity index (χ0v) is 10.00. The molecule has 1 saturated heterocycles. The van der Waals surface area contributed by atoms with E-state index in [4.69, 9.17) is 10.8 Å². The van der Waals surface area contributed by atoms with E-state index >= 15 is 0 Å². The van der Waals surface area contributed by atoms with Gasteiger partial charge in [0.05, 0.1) is 12.3 Å². The smallest absolute Gasteiger partial charge is 0.303 e. The van der Waals surface area contributed by atoms with Crippen molar-refractivity contribution in [3.8, 4) is 0 Å². The van der Waals surface area contributed by atoms with E-state index in [1.807, 2.05) is 0 Å². The Labute approximate surface area is 107 Å². The highest BCUT2D eigenvalue weighted by molar-refractivity contribution is 5.98. The van der Waals surface area contributed by atoms with Crippen LogP contribution in [-0.4, -0.2) is 44.6 Å². The molecule has 0 radical (unpaired) electrons. The maximum atomic E-state index is 11.7. The predicted molar refractivity (Wildman–Crippen MR) is 62.0 cm³/mol. The predicted octanol–water partition coefficient (Wildman–Crippen LogP) is -1.34. The van der Waals surface area contributed by atoms with Crippen LogP contribution in [0.2, 0.25) is 0 Å². The fourth-order valence-electron chi connectivity index (χ4n) is 1.83. The molecule has 2 rings (SSSR count). The van der Waals surface area contributed by atoms with Crippen molar-refractivity contribution in [1.82, 2.24) is 15.2 Å². The molecule has 0 aliphatic carbocycles. The summed E-state index contributed by atoms with van der Waals surface area (Å²) in [5.41, 5.74) is 5.15. The molecule has 1 aromatic rings. The average Bonchev–Trinajstić information content (AvgIpc) is 2.92. The molecule has 1 atom stereocenters. The van der Waals surface area contributed by atoms with Gasteiger partial charge in [0.25, 0.3) is 5.95 Å². The summed E-state index contributed by atoms with van der Waals surface area (Å²) in [6, 6.07) is 0. The summed E-state index contributed by atoms with van der Waals surface area (Å²) in [5, 5.41) is 15.0. The second-order valence-corrected chi connectivity index (χ2v) is 4.28. The minimum Gasteiger partial charge on any atom is -0.481 e. The number of carbonyl (C=O) groups excluding carboxylic acids is 2. The standard InChI is InChI=1S/C10H13N5O4/c11-9(19)5-3-7(16)15(4-5)10-12-6(13-14-10)1-2-8(17)18/h5H,1-4H2,(H2,11,19)(H,17,18)(H,12,13,14). The number of aliphatic carboxylic acids is 1. The first-order chi connectivity index (χ1) is 8.97. The Morgan fingerprint density at radius 2 is 2.26 bits per heavy atom. The molecule has 4 N–H and O–H groups in total. The highest BCUT2D eigenvalue weighted by Crippen LogP contribution is 2.21. The zero-order chi connectivity index (χ0) is 14.0. The van der Waals surface area contributed by atoms with Crippen LogP contribution in [0.1, 0.15) is 18.7 Å². The van der Waals surface area contributed by atoms with Gasteiger partial charge in [0, 0.05) is 19.4 Å². The third kappa shape index (κ3) is 2.87. The number of aromatic nitrogens is 3. The average molecular weight is 267 g/mol. The summed E-state index contributed by atoms with van der Waals surface area (Å²) >= 11 is 0. The van der Waals surface area contributed by atoms with Gasteiger partial charge in [-0.2, -0.15) is 4.98 Å². The molecular formula is C10H13N5O4. The minimum atomic E-state index is -0.941. The highest BCUT2D eigenvalue weighted by atomic mass is 16.4. The Balaban J connectivity index is 2.04. The second kappa shape index (κ2) is 5.04. The SMILES string of the molecule is NC(=O)C1CC(=O)N(c2n[nH]c(CCC(=O)O)n2)C1. The lowest BCUT2D eigenvalue weighted by Crippen LogP contribution is -2.29. The van der Waals surface area contributed by atoms with Gasteiger partial charge < -0.3 is 10.8 Å². The van der Waals surface area contributed by atoms with Gasteiger partial charge in [-0.15, -0.1) is 5.10 Å². The molecule has 9 heteroatoms. The van der Waals surface area contributed by atoms with E-state index < -0.39 is 17.8 Å². The molecule has 2 heterocycles. The fourth-order valence-corrected chi connectivity index (χ4v) is 1.83. The lowest BCUT2D eigenvalue weighted by atomic mass is 10.1. The maximum absolute atomic E-state index is 11.7. The Kier molecular flexibility index (Phi) is 3.45. The molecule has 1 aliphatic rings.